The minimum absolute atomic E-state index is 0.0955. The molecule has 2 aromatic heterocycles. The normalized spacial score (nSPS) is 10.9. The first-order chi connectivity index (χ1) is 10.6. The van der Waals surface area contributed by atoms with Crippen LogP contribution in [0.15, 0.2) is 49.1 Å². The van der Waals surface area contributed by atoms with Gasteiger partial charge in [-0.2, -0.15) is 5.10 Å². The molecule has 22 heavy (non-hydrogen) atoms. The monoisotopic (exact) mass is 322 g/mol. The van der Waals surface area contributed by atoms with Gasteiger partial charge < -0.3 is 4.74 Å². The summed E-state index contributed by atoms with van der Waals surface area (Å²) in [5, 5.41) is 4.30. The van der Waals surface area contributed by atoms with Gasteiger partial charge in [-0.05, 0) is 12.1 Å². The smallest absolute Gasteiger partial charge is 0.322 e. The Kier molecular flexibility index (Phi) is 3.97. The predicted molar refractivity (Wildman–Crippen MR) is 75.6 cm³/mol. The van der Waals surface area contributed by atoms with E-state index in [1.54, 1.807) is 24.3 Å². The van der Waals surface area contributed by atoms with E-state index in [9.17, 15) is 8.78 Å². The number of hydrogen-bond acceptors (Lipinski definition) is 4. The fourth-order valence-electron chi connectivity index (χ4n) is 1.77. The maximum absolute atomic E-state index is 12.7. The van der Waals surface area contributed by atoms with Gasteiger partial charge in [-0.3, -0.25) is 0 Å². The highest BCUT2D eigenvalue weighted by Crippen LogP contribution is 2.27. The maximum atomic E-state index is 12.7. The third kappa shape index (κ3) is 3.04. The summed E-state index contributed by atoms with van der Waals surface area (Å²) in [6.07, 6.45) is 2.57. The van der Waals surface area contributed by atoms with Gasteiger partial charge in [0, 0.05) is 6.20 Å². The number of nitrogens with zero attached hydrogens (tertiary/aromatic N) is 4. The van der Waals surface area contributed by atoms with Crippen LogP contribution in [-0.4, -0.2) is 19.7 Å². The quantitative estimate of drug-likeness (QED) is 0.727. The number of halogens is 3. The average Bonchev–Trinajstić information content (AvgIpc) is 3.00. The first kappa shape index (κ1) is 14.4. The van der Waals surface area contributed by atoms with Crippen molar-refractivity contribution in [2.24, 2.45) is 0 Å². The predicted octanol–water partition coefficient (Wildman–Crippen LogP) is 4.05. The molecule has 0 fully saturated rings. The van der Waals surface area contributed by atoms with Crippen molar-refractivity contribution in [2.45, 2.75) is 6.43 Å². The van der Waals surface area contributed by atoms with Gasteiger partial charge in [0.2, 0.25) is 0 Å². The molecule has 0 N–H and O–H groups in total. The Morgan fingerprint density at radius 2 is 1.82 bits per heavy atom. The number of benzene rings is 1. The van der Waals surface area contributed by atoms with Gasteiger partial charge in [0.25, 0.3) is 6.43 Å². The lowest BCUT2D eigenvalue weighted by Gasteiger charge is -2.09. The van der Waals surface area contributed by atoms with E-state index in [0.717, 1.165) is 6.20 Å². The van der Waals surface area contributed by atoms with Gasteiger partial charge in [0.05, 0.1) is 29.2 Å². The fourth-order valence-corrected chi connectivity index (χ4v) is 1.86. The zero-order chi connectivity index (χ0) is 15.5. The molecule has 112 valence electrons. The first-order valence-corrected chi connectivity index (χ1v) is 6.59. The Hall–Kier alpha value is -2.54. The molecule has 0 aliphatic heterocycles. The largest absolute Gasteiger partial charge is 0.422 e. The van der Waals surface area contributed by atoms with E-state index in [1.807, 2.05) is 0 Å². The first-order valence-electron chi connectivity index (χ1n) is 6.21. The van der Waals surface area contributed by atoms with Gasteiger partial charge in [-0.25, -0.2) is 23.4 Å². The van der Waals surface area contributed by atoms with Crippen molar-refractivity contribution in [3.8, 4) is 17.4 Å². The van der Waals surface area contributed by atoms with Gasteiger partial charge in [-0.1, -0.05) is 23.7 Å². The summed E-state index contributed by atoms with van der Waals surface area (Å²) in [4.78, 5) is 7.85. The van der Waals surface area contributed by atoms with Crippen molar-refractivity contribution in [2.75, 3.05) is 0 Å². The highest BCUT2D eigenvalue weighted by Gasteiger charge is 2.13. The summed E-state index contributed by atoms with van der Waals surface area (Å²) in [5.74, 6) is 0.383. The summed E-state index contributed by atoms with van der Waals surface area (Å²) < 4.78 is 32.2. The Morgan fingerprint density at radius 3 is 2.50 bits per heavy atom. The van der Waals surface area contributed by atoms with Crippen LogP contribution in [-0.2, 0) is 0 Å². The molecule has 2 heterocycles. The second-order valence-corrected chi connectivity index (χ2v) is 4.71. The minimum Gasteiger partial charge on any atom is -0.422 e. The summed E-state index contributed by atoms with van der Waals surface area (Å²) in [6.45, 7) is 0. The van der Waals surface area contributed by atoms with E-state index in [2.05, 4.69) is 15.1 Å². The van der Waals surface area contributed by atoms with Gasteiger partial charge in [0.15, 0.2) is 5.75 Å². The summed E-state index contributed by atoms with van der Waals surface area (Å²) in [5.41, 5.74) is 0.325. The molecule has 0 unspecified atom stereocenters. The minimum atomic E-state index is -2.58. The van der Waals surface area contributed by atoms with Crippen LogP contribution in [0, 0.1) is 0 Å². The summed E-state index contributed by atoms with van der Waals surface area (Å²) >= 11 is 5.71. The SMILES string of the molecule is FC(F)c1cnn(-c2ccccc2Oc2ncc(Cl)cn2)c1. The molecule has 1 aromatic carbocycles. The topological polar surface area (TPSA) is 52.8 Å². The van der Waals surface area contributed by atoms with E-state index in [0.29, 0.717) is 16.5 Å². The number of hydrogen-bond donors (Lipinski definition) is 0. The van der Waals surface area contributed by atoms with Crippen molar-refractivity contribution < 1.29 is 13.5 Å². The zero-order valence-electron chi connectivity index (χ0n) is 11.0. The number of alkyl halides is 2. The third-order valence-electron chi connectivity index (χ3n) is 2.76. The molecule has 0 saturated heterocycles. The molecule has 0 bridgehead atoms. The van der Waals surface area contributed by atoms with Crippen LogP contribution in [0.2, 0.25) is 5.02 Å². The molecule has 8 heteroatoms. The lowest BCUT2D eigenvalue weighted by atomic mass is 10.3. The van der Waals surface area contributed by atoms with Crippen molar-refractivity contribution in [1.29, 1.82) is 0 Å². The van der Waals surface area contributed by atoms with E-state index < -0.39 is 6.43 Å². The van der Waals surface area contributed by atoms with Gasteiger partial charge in [-0.15, -0.1) is 0 Å². The molecule has 0 radical (unpaired) electrons. The molecule has 5 nitrogen and oxygen atoms in total. The molecule has 0 aliphatic rings. The van der Waals surface area contributed by atoms with Gasteiger partial charge >= 0.3 is 6.01 Å². The Balaban J connectivity index is 1.93. The summed E-state index contributed by atoms with van der Waals surface area (Å²) in [6, 6.07) is 6.93. The van der Waals surface area contributed by atoms with E-state index in [1.165, 1.54) is 23.3 Å². The van der Waals surface area contributed by atoms with E-state index >= 15 is 0 Å². The molecule has 0 spiro atoms. The van der Waals surface area contributed by atoms with Crippen molar-refractivity contribution >= 4 is 11.6 Å². The standard InChI is InChI=1S/C14H9ClF2N4O/c15-10-6-18-14(19-7-10)22-12-4-2-1-3-11(12)21-8-9(5-20-21)13(16)17/h1-8,13H. The number of ether oxygens (including phenoxy) is 1. The molecule has 3 rings (SSSR count). The Bertz CT molecular complexity index is 777. The maximum Gasteiger partial charge on any atom is 0.322 e. The second kappa shape index (κ2) is 6.07. The van der Waals surface area contributed by atoms with Crippen LogP contribution in [0.5, 0.6) is 11.8 Å². The summed E-state index contributed by atoms with van der Waals surface area (Å²) in [7, 11) is 0. The van der Waals surface area contributed by atoms with Gasteiger partial charge in [0.1, 0.15) is 5.69 Å². The van der Waals surface area contributed by atoms with Crippen LogP contribution < -0.4 is 4.74 Å². The van der Waals surface area contributed by atoms with Crippen LogP contribution in [0.1, 0.15) is 12.0 Å². The molecule has 0 aliphatic carbocycles. The molecule has 0 atom stereocenters. The number of para-hydroxylation sites is 2. The average molecular weight is 323 g/mol. The van der Waals surface area contributed by atoms with E-state index in [-0.39, 0.29) is 11.6 Å². The Labute approximate surface area is 129 Å². The van der Waals surface area contributed by atoms with Crippen molar-refractivity contribution in [1.82, 2.24) is 19.7 Å². The Morgan fingerprint density at radius 1 is 1.09 bits per heavy atom. The second-order valence-electron chi connectivity index (χ2n) is 4.27. The van der Waals surface area contributed by atoms with Crippen LogP contribution in [0.4, 0.5) is 8.78 Å². The van der Waals surface area contributed by atoms with Crippen molar-refractivity contribution in [3.05, 3.63) is 59.6 Å². The lowest BCUT2D eigenvalue weighted by molar-refractivity contribution is 0.151. The zero-order valence-corrected chi connectivity index (χ0v) is 11.8. The lowest BCUT2D eigenvalue weighted by Crippen LogP contribution is -1.99. The molecule has 0 amide bonds. The number of rotatable bonds is 4. The third-order valence-corrected chi connectivity index (χ3v) is 2.96. The molecular formula is C14H9ClF2N4O. The van der Waals surface area contributed by atoms with Crippen LogP contribution in [0.25, 0.3) is 5.69 Å². The molecule has 0 saturated carbocycles. The fraction of sp³-hybridized carbons (Fsp3) is 0.0714. The van der Waals surface area contributed by atoms with Crippen LogP contribution in [0.3, 0.4) is 0 Å². The van der Waals surface area contributed by atoms with E-state index in [4.69, 9.17) is 16.3 Å². The van der Waals surface area contributed by atoms with Crippen LogP contribution >= 0.6 is 11.6 Å². The molecular weight excluding hydrogens is 314 g/mol. The number of aromatic nitrogens is 4. The molecule has 3 aromatic rings. The highest BCUT2D eigenvalue weighted by molar-refractivity contribution is 6.30. The highest BCUT2D eigenvalue weighted by atomic mass is 35.5. The van der Waals surface area contributed by atoms with Crippen molar-refractivity contribution in [3.63, 3.8) is 0 Å².